The summed E-state index contributed by atoms with van der Waals surface area (Å²) in [7, 11) is -1.19. The van der Waals surface area contributed by atoms with Crippen LogP contribution in [-0.4, -0.2) is 8.07 Å². The Balaban J connectivity index is 2.55. The van der Waals surface area contributed by atoms with Crippen molar-refractivity contribution in [3.8, 4) is 11.5 Å². The van der Waals surface area contributed by atoms with Crippen molar-refractivity contribution < 1.29 is 0 Å². The molecule has 0 aromatic carbocycles. The van der Waals surface area contributed by atoms with Gasteiger partial charge in [0, 0.05) is 0 Å². The van der Waals surface area contributed by atoms with Crippen LogP contribution in [0.5, 0.6) is 0 Å². The third-order valence-electron chi connectivity index (χ3n) is 1.35. The monoisotopic (exact) mass is 206 g/mol. The summed E-state index contributed by atoms with van der Waals surface area (Å²) in [6.45, 7) is 6.75. The third kappa shape index (κ3) is 4.71. The Labute approximate surface area is 85.3 Å². The maximum Gasteiger partial charge on any atom is 0.129 e. The number of allylic oxidation sites excluding steroid dienone is 1. The molecule has 0 fully saturated rings. The molecule has 0 aliphatic heterocycles. The van der Waals surface area contributed by atoms with Gasteiger partial charge in [-0.2, -0.15) is 11.3 Å². The van der Waals surface area contributed by atoms with Gasteiger partial charge >= 0.3 is 0 Å². The summed E-state index contributed by atoms with van der Waals surface area (Å²) >= 11 is 1.71. The van der Waals surface area contributed by atoms with Crippen molar-refractivity contribution in [2.45, 2.75) is 19.6 Å². The summed E-state index contributed by atoms with van der Waals surface area (Å²) in [5, 5.41) is 4.19. The highest BCUT2D eigenvalue weighted by Gasteiger charge is 2.06. The third-order valence-corrected chi connectivity index (χ3v) is 2.95. The average Bonchev–Trinajstić information content (AvgIpc) is 2.48. The molecule has 13 heavy (non-hydrogen) atoms. The molecule has 0 atom stereocenters. The van der Waals surface area contributed by atoms with E-state index in [1.807, 2.05) is 6.08 Å². The maximum absolute atomic E-state index is 3.29. The molecule has 1 aromatic rings. The number of hydrogen-bond acceptors (Lipinski definition) is 1. The maximum atomic E-state index is 3.29. The lowest BCUT2D eigenvalue weighted by atomic mass is 10.3. The van der Waals surface area contributed by atoms with Crippen LogP contribution in [0.15, 0.2) is 22.9 Å². The minimum Gasteiger partial charge on any atom is -0.152 e. The van der Waals surface area contributed by atoms with Crippen molar-refractivity contribution in [3.63, 3.8) is 0 Å². The summed E-state index contributed by atoms with van der Waals surface area (Å²) < 4.78 is 0. The first-order valence-electron chi connectivity index (χ1n) is 4.29. The Hall–Kier alpha value is -0.783. The number of rotatable bonds is 1. The predicted octanol–water partition coefficient (Wildman–Crippen LogP) is 3.64. The molecule has 1 rings (SSSR count). The van der Waals surface area contributed by atoms with E-state index < -0.39 is 8.07 Å². The Morgan fingerprint density at radius 3 is 2.69 bits per heavy atom. The standard InChI is InChI=1S/C11H14SSi/c1-13(2,3)9-5-4-6-11-7-8-12-10-11/h4,6-8,10H,1-3H3/b6-4-. The van der Waals surface area contributed by atoms with E-state index in [-0.39, 0.29) is 0 Å². The second-order valence-electron chi connectivity index (χ2n) is 3.91. The Morgan fingerprint density at radius 2 is 2.15 bits per heavy atom. The zero-order chi connectivity index (χ0) is 9.73. The van der Waals surface area contributed by atoms with Gasteiger partial charge in [0.25, 0.3) is 0 Å². The molecule has 0 N–H and O–H groups in total. The van der Waals surface area contributed by atoms with E-state index in [1.54, 1.807) is 11.3 Å². The van der Waals surface area contributed by atoms with Crippen molar-refractivity contribution in [1.82, 2.24) is 0 Å². The molecule has 68 valence electrons. The van der Waals surface area contributed by atoms with Gasteiger partial charge in [-0.15, -0.1) is 5.54 Å². The van der Waals surface area contributed by atoms with Gasteiger partial charge < -0.3 is 0 Å². The molecule has 0 nitrogen and oxygen atoms in total. The van der Waals surface area contributed by atoms with Crippen molar-refractivity contribution >= 4 is 25.5 Å². The highest BCUT2D eigenvalue weighted by Crippen LogP contribution is 2.07. The lowest BCUT2D eigenvalue weighted by Crippen LogP contribution is -2.16. The Morgan fingerprint density at radius 1 is 1.38 bits per heavy atom. The van der Waals surface area contributed by atoms with Gasteiger partial charge in [-0.25, -0.2) is 0 Å². The van der Waals surface area contributed by atoms with Gasteiger partial charge in [0.2, 0.25) is 0 Å². The van der Waals surface area contributed by atoms with Gasteiger partial charge in [0.05, 0.1) is 0 Å². The van der Waals surface area contributed by atoms with Crippen LogP contribution in [0.2, 0.25) is 19.6 Å². The largest absolute Gasteiger partial charge is 0.152 e. The molecule has 0 saturated carbocycles. The van der Waals surface area contributed by atoms with E-state index in [9.17, 15) is 0 Å². The van der Waals surface area contributed by atoms with Gasteiger partial charge in [-0.05, 0) is 34.5 Å². The fourth-order valence-electron chi connectivity index (χ4n) is 0.766. The van der Waals surface area contributed by atoms with Gasteiger partial charge in [0.1, 0.15) is 8.07 Å². The fourth-order valence-corrected chi connectivity index (χ4v) is 1.91. The molecule has 0 radical (unpaired) electrons. The predicted molar refractivity (Wildman–Crippen MR) is 64.5 cm³/mol. The molecule has 0 aliphatic carbocycles. The number of hydrogen-bond donors (Lipinski definition) is 0. The molecule has 0 bridgehead atoms. The zero-order valence-electron chi connectivity index (χ0n) is 8.29. The van der Waals surface area contributed by atoms with Crippen LogP contribution < -0.4 is 0 Å². The van der Waals surface area contributed by atoms with E-state index in [4.69, 9.17) is 0 Å². The minimum atomic E-state index is -1.19. The van der Waals surface area contributed by atoms with Crippen LogP contribution in [0.25, 0.3) is 6.08 Å². The van der Waals surface area contributed by atoms with Crippen molar-refractivity contribution in [2.24, 2.45) is 0 Å². The molecular formula is C11H14SSi. The van der Waals surface area contributed by atoms with Gasteiger partial charge in [0.15, 0.2) is 0 Å². The molecule has 1 heterocycles. The second-order valence-corrected chi connectivity index (χ2v) is 9.44. The van der Waals surface area contributed by atoms with Crippen LogP contribution >= 0.6 is 11.3 Å². The first-order chi connectivity index (χ1) is 6.08. The van der Waals surface area contributed by atoms with Crippen molar-refractivity contribution in [2.75, 3.05) is 0 Å². The Bertz CT molecular complexity index is 330. The summed E-state index contributed by atoms with van der Waals surface area (Å²) in [5.41, 5.74) is 4.54. The first kappa shape index (κ1) is 10.3. The molecule has 0 amide bonds. The van der Waals surface area contributed by atoms with E-state index in [0.29, 0.717) is 0 Å². The van der Waals surface area contributed by atoms with Gasteiger partial charge in [-0.1, -0.05) is 25.6 Å². The summed E-state index contributed by atoms with van der Waals surface area (Å²) in [4.78, 5) is 0. The molecular weight excluding hydrogens is 192 g/mol. The topological polar surface area (TPSA) is 0 Å². The minimum absolute atomic E-state index is 1.19. The van der Waals surface area contributed by atoms with E-state index in [1.165, 1.54) is 5.56 Å². The normalized spacial score (nSPS) is 11.3. The zero-order valence-corrected chi connectivity index (χ0v) is 10.1. The quantitative estimate of drug-likeness (QED) is 0.486. The molecule has 0 spiro atoms. The summed E-state index contributed by atoms with van der Waals surface area (Å²) in [6.07, 6.45) is 4.00. The molecule has 2 heteroatoms. The lowest BCUT2D eigenvalue weighted by Gasteiger charge is -2.01. The highest BCUT2D eigenvalue weighted by molar-refractivity contribution is 7.08. The summed E-state index contributed by atoms with van der Waals surface area (Å²) in [5.74, 6) is 3.10. The smallest absolute Gasteiger partial charge is 0.129 e. The number of thiophene rings is 1. The molecule has 1 aromatic heterocycles. The molecule has 0 saturated heterocycles. The second kappa shape index (κ2) is 4.45. The van der Waals surface area contributed by atoms with Crippen LogP contribution in [0, 0.1) is 11.5 Å². The van der Waals surface area contributed by atoms with Crippen molar-refractivity contribution in [3.05, 3.63) is 28.5 Å². The SMILES string of the molecule is C[Si](C)(C)C#C/C=C\c1ccsc1. The molecule has 0 unspecified atom stereocenters. The van der Waals surface area contributed by atoms with Gasteiger partial charge in [-0.3, -0.25) is 0 Å². The fraction of sp³-hybridized carbons (Fsp3) is 0.273. The highest BCUT2D eigenvalue weighted by atomic mass is 32.1. The van der Waals surface area contributed by atoms with E-state index in [2.05, 4.69) is 54.0 Å². The van der Waals surface area contributed by atoms with Crippen LogP contribution in [0.4, 0.5) is 0 Å². The summed E-state index contributed by atoms with van der Waals surface area (Å²) in [6, 6.07) is 2.09. The average molecular weight is 206 g/mol. The van der Waals surface area contributed by atoms with Crippen LogP contribution in [0.1, 0.15) is 5.56 Å². The Kier molecular flexibility index (Phi) is 3.53. The van der Waals surface area contributed by atoms with E-state index >= 15 is 0 Å². The molecule has 0 aliphatic rings. The van der Waals surface area contributed by atoms with Crippen molar-refractivity contribution in [1.29, 1.82) is 0 Å². The van der Waals surface area contributed by atoms with Crippen LogP contribution in [0.3, 0.4) is 0 Å². The lowest BCUT2D eigenvalue weighted by molar-refractivity contribution is 1.81. The first-order valence-corrected chi connectivity index (χ1v) is 8.74. The van der Waals surface area contributed by atoms with Crippen LogP contribution in [-0.2, 0) is 0 Å². The van der Waals surface area contributed by atoms with E-state index in [0.717, 1.165) is 0 Å².